The third-order valence-corrected chi connectivity index (χ3v) is 4.32. The Kier molecular flexibility index (Phi) is 5.93. The summed E-state index contributed by atoms with van der Waals surface area (Å²) in [6, 6.07) is 7.47. The number of nitrogens with zero attached hydrogens (tertiary/aromatic N) is 2. The molecule has 0 unspecified atom stereocenters. The van der Waals surface area contributed by atoms with Gasteiger partial charge in [-0.1, -0.05) is 0 Å². The third-order valence-electron chi connectivity index (χ3n) is 4.32. The number of halogens is 1. The molecule has 0 bridgehead atoms. The molecule has 1 aliphatic rings. The Balaban J connectivity index is 0.00000208. The third kappa shape index (κ3) is 3.75. The highest BCUT2D eigenvalue weighted by molar-refractivity contribution is 5.95. The minimum atomic E-state index is -0.530. The number of ether oxygens (including phenoxy) is 1. The van der Waals surface area contributed by atoms with Gasteiger partial charge in [0.2, 0.25) is 5.91 Å². The number of aromatic nitrogens is 3. The molecule has 0 saturated carbocycles. The zero-order valence-electron chi connectivity index (χ0n) is 13.5. The lowest BCUT2D eigenvalue weighted by atomic mass is 9.79. The molecule has 2 aromatic rings. The molecule has 0 radical (unpaired) electrons. The first-order valence-electron chi connectivity index (χ1n) is 7.72. The van der Waals surface area contributed by atoms with Gasteiger partial charge in [0.25, 0.3) is 0 Å². The molecule has 1 aliphatic heterocycles. The largest absolute Gasteiger partial charge is 0.381 e. The van der Waals surface area contributed by atoms with Crippen molar-refractivity contribution in [3.05, 3.63) is 30.1 Å². The van der Waals surface area contributed by atoms with E-state index in [0.29, 0.717) is 38.4 Å². The number of hydrogen-bond donors (Lipinski definition) is 3. The molecule has 0 spiro atoms. The van der Waals surface area contributed by atoms with Crippen LogP contribution < -0.4 is 11.1 Å². The van der Waals surface area contributed by atoms with Crippen LogP contribution in [0.15, 0.2) is 24.3 Å². The van der Waals surface area contributed by atoms with Crippen LogP contribution >= 0.6 is 12.4 Å². The summed E-state index contributed by atoms with van der Waals surface area (Å²) in [7, 11) is 0. The van der Waals surface area contributed by atoms with E-state index in [-0.39, 0.29) is 18.3 Å². The van der Waals surface area contributed by atoms with Crippen LogP contribution in [0.2, 0.25) is 0 Å². The summed E-state index contributed by atoms with van der Waals surface area (Å²) in [5.74, 6) is 1.37. The normalized spacial score (nSPS) is 16.2. The Morgan fingerprint density at radius 2 is 2.00 bits per heavy atom. The number of aromatic amines is 1. The van der Waals surface area contributed by atoms with Crippen LogP contribution in [-0.2, 0) is 9.53 Å². The van der Waals surface area contributed by atoms with E-state index >= 15 is 0 Å². The first-order valence-corrected chi connectivity index (χ1v) is 7.72. The van der Waals surface area contributed by atoms with Gasteiger partial charge in [-0.3, -0.25) is 9.89 Å². The van der Waals surface area contributed by atoms with Crippen molar-refractivity contribution in [1.29, 1.82) is 0 Å². The van der Waals surface area contributed by atoms with E-state index in [9.17, 15) is 4.79 Å². The average molecular weight is 352 g/mol. The quantitative estimate of drug-likeness (QED) is 0.780. The van der Waals surface area contributed by atoms with Gasteiger partial charge in [0.05, 0.1) is 5.41 Å². The highest BCUT2D eigenvalue weighted by atomic mass is 35.5. The molecule has 2 heterocycles. The lowest BCUT2D eigenvalue weighted by Gasteiger charge is -2.34. The van der Waals surface area contributed by atoms with Crippen LogP contribution in [0.4, 0.5) is 5.69 Å². The van der Waals surface area contributed by atoms with E-state index in [1.54, 1.807) is 0 Å². The van der Waals surface area contributed by atoms with E-state index in [4.69, 9.17) is 10.5 Å². The standard InChI is InChI=1S/C16H21N5O2.ClH/c1-11-18-14(21-20-11)12-2-4-13(5-3-12)19-15(22)16(10-17)6-8-23-9-7-16;/h2-5H,6-10,17H2,1H3,(H,19,22)(H,18,20,21);1H. The van der Waals surface area contributed by atoms with E-state index in [1.807, 2.05) is 31.2 Å². The minimum Gasteiger partial charge on any atom is -0.381 e. The minimum absolute atomic E-state index is 0. The number of nitrogens with one attached hydrogen (secondary N) is 2. The topological polar surface area (TPSA) is 106 Å². The van der Waals surface area contributed by atoms with Gasteiger partial charge in [-0.2, -0.15) is 5.10 Å². The maximum atomic E-state index is 12.6. The second-order valence-electron chi connectivity index (χ2n) is 5.87. The molecule has 0 atom stereocenters. The van der Waals surface area contributed by atoms with E-state index < -0.39 is 5.41 Å². The van der Waals surface area contributed by atoms with Crippen molar-refractivity contribution >= 4 is 24.0 Å². The smallest absolute Gasteiger partial charge is 0.232 e. The Morgan fingerprint density at radius 3 is 2.54 bits per heavy atom. The molecule has 1 aromatic heterocycles. The van der Waals surface area contributed by atoms with E-state index in [1.165, 1.54) is 0 Å². The van der Waals surface area contributed by atoms with Gasteiger partial charge < -0.3 is 15.8 Å². The van der Waals surface area contributed by atoms with Crippen molar-refractivity contribution in [1.82, 2.24) is 15.2 Å². The summed E-state index contributed by atoms with van der Waals surface area (Å²) in [5, 5.41) is 9.90. The molecule has 1 aromatic carbocycles. The van der Waals surface area contributed by atoms with E-state index in [2.05, 4.69) is 20.5 Å². The van der Waals surface area contributed by atoms with Crippen molar-refractivity contribution in [2.75, 3.05) is 25.1 Å². The number of aryl methyl sites for hydroxylation is 1. The SMILES string of the molecule is Cc1nc(-c2ccc(NC(=O)C3(CN)CCOCC3)cc2)n[nH]1.Cl. The molecule has 8 heteroatoms. The van der Waals surface area contributed by atoms with Crippen molar-refractivity contribution < 1.29 is 9.53 Å². The summed E-state index contributed by atoms with van der Waals surface area (Å²) in [6.07, 6.45) is 1.31. The monoisotopic (exact) mass is 351 g/mol. The van der Waals surface area contributed by atoms with Crippen LogP contribution in [0, 0.1) is 12.3 Å². The number of benzene rings is 1. The van der Waals surface area contributed by atoms with Crippen molar-refractivity contribution in [2.24, 2.45) is 11.1 Å². The van der Waals surface area contributed by atoms with Crippen molar-refractivity contribution in [3.8, 4) is 11.4 Å². The first kappa shape index (κ1) is 18.4. The predicted octanol–water partition coefficient (Wildman–Crippen LogP) is 1.90. The molecule has 1 amide bonds. The summed E-state index contributed by atoms with van der Waals surface area (Å²) >= 11 is 0. The number of nitrogens with two attached hydrogens (primary N) is 1. The van der Waals surface area contributed by atoms with E-state index in [0.717, 1.165) is 17.1 Å². The van der Waals surface area contributed by atoms with Crippen molar-refractivity contribution in [2.45, 2.75) is 19.8 Å². The molecule has 1 fully saturated rings. The van der Waals surface area contributed by atoms with Gasteiger partial charge >= 0.3 is 0 Å². The van der Waals surface area contributed by atoms with Gasteiger partial charge in [-0.25, -0.2) is 4.98 Å². The Morgan fingerprint density at radius 1 is 1.33 bits per heavy atom. The number of carbonyl (C=O) groups excluding carboxylic acids is 1. The molecule has 3 rings (SSSR count). The summed E-state index contributed by atoms with van der Waals surface area (Å²) in [5.41, 5.74) is 6.97. The maximum absolute atomic E-state index is 12.6. The number of carbonyl (C=O) groups is 1. The molecule has 7 nitrogen and oxygen atoms in total. The van der Waals surface area contributed by atoms with Crippen LogP contribution in [0.3, 0.4) is 0 Å². The molecule has 24 heavy (non-hydrogen) atoms. The predicted molar refractivity (Wildman–Crippen MR) is 94.0 cm³/mol. The molecule has 1 saturated heterocycles. The van der Waals surface area contributed by atoms with Crippen LogP contribution in [0.1, 0.15) is 18.7 Å². The number of amides is 1. The molecular weight excluding hydrogens is 330 g/mol. The first-order chi connectivity index (χ1) is 11.1. The molecule has 4 N–H and O–H groups in total. The van der Waals surface area contributed by atoms with Gasteiger partial charge in [0.1, 0.15) is 5.82 Å². The molecular formula is C16H22ClN5O2. The second kappa shape index (κ2) is 7.74. The zero-order valence-corrected chi connectivity index (χ0v) is 14.4. The van der Waals surface area contributed by atoms with Crippen molar-refractivity contribution in [3.63, 3.8) is 0 Å². The fourth-order valence-electron chi connectivity index (χ4n) is 2.72. The summed E-state index contributed by atoms with van der Waals surface area (Å²) in [6.45, 7) is 3.34. The number of anilines is 1. The van der Waals surface area contributed by atoms with Gasteiger partial charge in [0, 0.05) is 31.0 Å². The highest BCUT2D eigenvalue weighted by Gasteiger charge is 2.38. The van der Waals surface area contributed by atoms with Gasteiger partial charge in [-0.15, -0.1) is 12.4 Å². The zero-order chi connectivity index (χ0) is 16.3. The summed E-state index contributed by atoms with van der Waals surface area (Å²) < 4.78 is 5.34. The molecule has 0 aliphatic carbocycles. The lowest BCUT2D eigenvalue weighted by Crippen LogP contribution is -2.46. The maximum Gasteiger partial charge on any atom is 0.232 e. The Bertz CT molecular complexity index is 680. The fraction of sp³-hybridized carbons (Fsp3) is 0.438. The molecule has 130 valence electrons. The van der Waals surface area contributed by atoms with Gasteiger partial charge in [-0.05, 0) is 44.0 Å². The number of H-pyrrole nitrogens is 1. The highest BCUT2D eigenvalue weighted by Crippen LogP contribution is 2.31. The average Bonchev–Trinajstić information content (AvgIpc) is 3.02. The van der Waals surface area contributed by atoms with Gasteiger partial charge in [0.15, 0.2) is 5.82 Å². The number of rotatable bonds is 4. The fourth-order valence-corrected chi connectivity index (χ4v) is 2.72. The van der Waals surface area contributed by atoms with Crippen LogP contribution in [0.25, 0.3) is 11.4 Å². The van der Waals surface area contributed by atoms with Crippen LogP contribution in [-0.4, -0.2) is 40.8 Å². The van der Waals surface area contributed by atoms with Crippen LogP contribution in [0.5, 0.6) is 0 Å². The summed E-state index contributed by atoms with van der Waals surface area (Å²) in [4.78, 5) is 16.9. The Hall–Kier alpha value is -1.96. The Labute approximate surface area is 146 Å². The second-order valence-corrected chi connectivity index (χ2v) is 5.87. The lowest BCUT2D eigenvalue weighted by molar-refractivity contribution is -0.130. The number of hydrogen-bond acceptors (Lipinski definition) is 5.